The van der Waals surface area contributed by atoms with Crippen LogP contribution in [0.2, 0.25) is 0 Å². The third kappa shape index (κ3) is 4.69. The lowest BCUT2D eigenvalue weighted by Gasteiger charge is -2.13. The fourth-order valence-electron chi connectivity index (χ4n) is 6.13. The van der Waals surface area contributed by atoms with Crippen molar-refractivity contribution in [3.05, 3.63) is 146 Å². The van der Waals surface area contributed by atoms with E-state index in [4.69, 9.17) is 29.3 Å². The standard InChI is InChI=1S/C40H24N6O/c1-3-10-25(11-4-1)38-44-39(26-12-5-2-6-13-26)46-40(45-38)28-15-9-14-27(22-28)32-23-43-36(30-17-8-7-16-29(30)32)37-35-31-18-20-41-24-34(31)47-33(35)19-21-42-37/h1-24H. The minimum Gasteiger partial charge on any atom is -0.454 e. The van der Waals surface area contributed by atoms with Crippen LogP contribution in [0.5, 0.6) is 0 Å². The van der Waals surface area contributed by atoms with Gasteiger partial charge in [0.05, 0.1) is 17.3 Å². The van der Waals surface area contributed by atoms with Crippen molar-refractivity contribution in [3.63, 3.8) is 0 Å². The third-order valence-electron chi connectivity index (χ3n) is 8.34. The Kier molecular flexibility index (Phi) is 6.31. The molecule has 0 saturated carbocycles. The number of rotatable bonds is 5. The van der Waals surface area contributed by atoms with Crippen LogP contribution < -0.4 is 0 Å². The van der Waals surface area contributed by atoms with Crippen molar-refractivity contribution in [2.24, 2.45) is 0 Å². The van der Waals surface area contributed by atoms with Gasteiger partial charge in [0.1, 0.15) is 11.3 Å². The molecular formula is C40H24N6O. The Balaban J connectivity index is 1.20. The van der Waals surface area contributed by atoms with Crippen LogP contribution in [0.15, 0.2) is 151 Å². The van der Waals surface area contributed by atoms with E-state index in [2.05, 4.69) is 35.3 Å². The number of nitrogens with zero attached hydrogens (tertiary/aromatic N) is 6. The Morgan fingerprint density at radius 2 is 1.06 bits per heavy atom. The molecule has 0 spiro atoms. The topological polar surface area (TPSA) is 90.5 Å². The van der Waals surface area contributed by atoms with Crippen LogP contribution in [0.4, 0.5) is 0 Å². The quantitative estimate of drug-likeness (QED) is 0.193. The number of pyridine rings is 3. The first-order valence-electron chi connectivity index (χ1n) is 15.3. The number of hydrogen-bond donors (Lipinski definition) is 0. The van der Waals surface area contributed by atoms with E-state index in [0.29, 0.717) is 17.5 Å². The molecule has 5 aromatic heterocycles. The van der Waals surface area contributed by atoms with E-state index in [9.17, 15) is 0 Å². The van der Waals surface area contributed by atoms with Gasteiger partial charge in [-0.15, -0.1) is 0 Å². The molecule has 0 amide bonds. The second-order valence-corrected chi connectivity index (χ2v) is 11.2. The zero-order valence-corrected chi connectivity index (χ0v) is 24.9. The Bertz CT molecular complexity index is 2520. The van der Waals surface area contributed by atoms with Crippen LogP contribution in [0.25, 0.3) is 89.4 Å². The van der Waals surface area contributed by atoms with Gasteiger partial charge in [-0.25, -0.2) is 15.0 Å². The molecule has 0 aliphatic carbocycles. The summed E-state index contributed by atoms with van der Waals surface area (Å²) in [6, 6.07) is 40.5. The van der Waals surface area contributed by atoms with Crippen molar-refractivity contribution in [3.8, 4) is 56.7 Å². The average Bonchev–Trinajstić information content (AvgIpc) is 3.54. The van der Waals surface area contributed by atoms with Crippen molar-refractivity contribution in [1.29, 1.82) is 0 Å². The molecule has 0 N–H and O–H groups in total. The minimum atomic E-state index is 0.602. The van der Waals surface area contributed by atoms with E-state index in [0.717, 1.165) is 71.9 Å². The molecule has 0 aliphatic heterocycles. The summed E-state index contributed by atoms with van der Waals surface area (Å²) in [6.07, 6.45) is 7.20. The monoisotopic (exact) mass is 604 g/mol. The largest absolute Gasteiger partial charge is 0.454 e. The normalized spacial score (nSPS) is 11.4. The Morgan fingerprint density at radius 3 is 1.81 bits per heavy atom. The van der Waals surface area contributed by atoms with Gasteiger partial charge in [0, 0.05) is 51.6 Å². The van der Waals surface area contributed by atoms with Gasteiger partial charge >= 0.3 is 0 Å². The van der Waals surface area contributed by atoms with Gasteiger partial charge in [-0.1, -0.05) is 103 Å². The average molecular weight is 605 g/mol. The highest BCUT2D eigenvalue weighted by Gasteiger charge is 2.19. The third-order valence-corrected chi connectivity index (χ3v) is 8.34. The van der Waals surface area contributed by atoms with Gasteiger partial charge in [-0.2, -0.15) is 0 Å². The lowest BCUT2D eigenvalue weighted by molar-refractivity contribution is 0.666. The summed E-state index contributed by atoms with van der Waals surface area (Å²) in [6.45, 7) is 0. The number of furan rings is 1. The predicted octanol–water partition coefficient (Wildman–Crippen LogP) is 9.44. The van der Waals surface area contributed by atoms with Crippen LogP contribution in [0.1, 0.15) is 0 Å². The molecule has 5 heterocycles. The highest BCUT2D eigenvalue weighted by atomic mass is 16.3. The fraction of sp³-hybridized carbons (Fsp3) is 0. The molecule has 220 valence electrons. The van der Waals surface area contributed by atoms with Gasteiger partial charge in [-0.05, 0) is 29.1 Å². The molecule has 0 fully saturated rings. The van der Waals surface area contributed by atoms with Gasteiger partial charge in [0.2, 0.25) is 0 Å². The smallest absolute Gasteiger partial charge is 0.164 e. The highest BCUT2D eigenvalue weighted by Crippen LogP contribution is 2.39. The summed E-state index contributed by atoms with van der Waals surface area (Å²) in [7, 11) is 0. The van der Waals surface area contributed by atoms with E-state index in [1.807, 2.05) is 97.2 Å². The van der Waals surface area contributed by atoms with E-state index >= 15 is 0 Å². The number of hydrogen-bond acceptors (Lipinski definition) is 7. The maximum atomic E-state index is 6.10. The first-order chi connectivity index (χ1) is 23.3. The molecule has 7 nitrogen and oxygen atoms in total. The molecule has 9 rings (SSSR count). The zero-order valence-electron chi connectivity index (χ0n) is 24.9. The van der Waals surface area contributed by atoms with Crippen molar-refractivity contribution >= 4 is 32.7 Å². The molecular weight excluding hydrogens is 580 g/mol. The molecule has 0 aliphatic rings. The number of aromatic nitrogens is 6. The summed E-state index contributed by atoms with van der Waals surface area (Å²) >= 11 is 0. The zero-order chi connectivity index (χ0) is 31.2. The highest BCUT2D eigenvalue weighted by molar-refractivity contribution is 6.14. The van der Waals surface area contributed by atoms with Crippen LogP contribution >= 0.6 is 0 Å². The summed E-state index contributed by atoms with van der Waals surface area (Å²) in [5.41, 5.74) is 7.80. The minimum absolute atomic E-state index is 0.602. The van der Waals surface area contributed by atoms with E-state index in [-0.39, 0.29) is 0 Å². The molecule has 0 saturated heterocycles. The van der Waals surface area contributed by atoms with Crippen LogP contribution in [0.3, 0.4) is 0 Å². The van der Waals surface area contributed by atoms with Gasteiger partial charge in [0.25, 0.3) is 0 Å². The van der Waals surface area contributed by atoms with Crippen LogP contribution in [0, 0.1) is 0 Å². The summed E-state index contributed by atoms with van der Waals surface area (Å²) in [4.78, 5) is 28.8. The van der Waals surface area contributed by atoms with Crippen molar-refractivity contribution < 1.29 is 4.42 Å². The Morgan fingerprint density at radius 1 is 0.426 bits per heavy atom. The summed E-state index contributed by atoms with van der Waals surface area (Å²) < 4.78 is 6.10. The lowest BCUT2D eigenvalue weighted by atomic mass is 9.96. The van der Waals surface area contributed by atoms with E-state index in [1.54, 1.807) is 18.6 Å². The molecule has 0 atom stereocenters. The van der Waals surface area contributed by atoms with Gasteiger partial charge < -0.3 is 4.42 Å². The number of benzene rings is 4. The summed E-state index contributed by atoms with van der Waals surface area (Å²) in [5.74, 6) is 1.85. The van der Waals surface area contributed by atoms with Crippen molar-refractivity contribution in [2.75, 3.05) is 0 Å². The Hall–Kier alpha value is -6.60. The second kappa shape index (κ2) is 11.1. The van der Waals surface area contributed by atoms with E-state index < -0.39 is 0 Å². The molecule has 7 heteroatoms. The summed E-state index contributed by atoms with van der Waals surface area (Å²) in [5, 5.41) is 3.95. The van der Waals surface area contributed by atoms with Crippen molar-refractivity contribution in [1.82, 2.24) is 29.9 Å². The first kappa shape index (κ1) is 26.8. The van der Waals surface area contributed by atoms with E-state index in [1.165, 1.54) is 0 Å². The maximum absolute atomic E-state index is 6.10. The Labute approximate surface area is 269 Å². The molecule has 0 unspecified atom stereocenters. The molecule has 9 aromatic rings. The molecule has 4 aromatic carbocycles. The van der Waals surface area contributed by atoms with Crippen LogP contribution in [-0.4, -0.2) is 29.9 Å². The molecule has 0 bridgehead atoms. The first-order valence-corrected chi connectivity index (χ1v) is 15.3. The molecule has 47 heavy (non-hydrogen) atoms. The molecule has 0 radical (unpaired) electrons. The predicted molar refractivity (Wildman–Crippen MR) is 185 cm³/mol. The van der Waals surface area contributed by atoms with Crippen LogP contribution in [-0.2, 0) is 0 Å². The van der Waals surface area contributed by atoms with Crippen molar-refractivity contribution in [2.45, 2.75) is 0 Å². The second-order valence-electron chi connectivity index (χ2n) is 11.2. The fourth-order valence-corrected chi connectivity index (χ4v) is 6.13. The van der Waals surface area contributed by atoms with Gasteiger partial charge in [0.15, 0.2) is 23.1 Å². The SMILES string of the molecule is c1ccc(-c2nc(-c3ccccc3)nc(-c3cccc(-c4cnc(-c5nccc6oc7cnccc7c56)c5ccccc45)c3)n2)cc1. The maximum Gasteiger partial charge on any atom is 0.164 e. The lowest BCUT2D eigenvalue weighted by Crippen LogP contribution is -2.00. The van der Waals surface area contributed by atoms with Gasteiger partial charge in [-0.3, -0.25) is 15.0 Å². The number of fused-ring (bicyclic) bond motifs is 4.